The summed E-state index contributed by atoms with van der Waals surface area (Å²) in [4.78, 5) is 22.9. The van der Waals surface area contributed by atoms with Crippen molar-refractivity contribution in [1.82, 2.24) is 0 Å². The van der Waals surface area contributed by atoms with Crippen LogP contribution < -0.4 is 0 Å². The zero-order valence-electron chi connectivity index (χ0n) is 29.2. The van der Waals surface area contributed by atoms with Crippen LogP contribution in [0.3, 0.4) is 0 Å². The van der Waals surface area contributed by atoms with Crippen LogP contribution in [-0.2, 0) is 21.7 Å². The Kier molecular flexibility index (Phi) is 9.70. The highest BCUT2D eigenvalue weighted by molar-refractivity contribution is 5.82. The van der Waals surface area contributed by atoms with Crippen molar-refractivity contribution in [3.05, 3.63) is 101 Å². The maximum atomic E-state index is 12.1. The van der Waals surface area contributed by atoms with Gasteiger partial charge in [-0.15, -0.1) is 0 Å². The summed E-state index contributed by atoms with van der Waals surface area (Å²) in [6.45, 7) is 24.1. The molecular formula is C38H48N2O6. The van der Waals surface area contributed by atoms with Gasteiger partial charge in [-0.3, -0.25) is 20.2 Å². The molecule has 0 heterocycles. The van der Waals surface area contributed by atoms with E-state index >= 15 is 0 Å². The molecule has 0 aromatic heterocycles. The smallest absolute Gasteiger partial charge is 0.283 e. The minimum atomic E-state index is -0.622. The number of benzene rings is 3. The molecule has 8 nitrogen and oxygen atoms in total. The molecular weight excluding hydrogens is 580 g/mol. The van der Waals surface area contributed by atoms with Gasteiger partial charge in [0.05, 0.1) is 27.0 Å². The van der Waals surface area contributed by atoms with Crippen LogP contribution in [0.4, 0.5) is 11.4 Å². The Morgan fingerprint density at radius 2 is 0.739 bits per heavy atom. The van der Waals surface area contributed by atoms with Gasteiger partial charge in [0.2, 0.25) is 0 Å². The molecule has 0 amide bonds. The lowest BCUT2D eigenvalue weighted by Gasteiger charge is -2.27. The van der Waals surface area contributed by atoms with Crippen LogP contribution in [-0.4, -0.2) is 20.1 Å². The summed E-state index contributed by atoms with van der Waals surface area (Å²) < 4.78 is 0. The van der Waals surface area contributed by atoms with E-state index in [1.807, 2.05) is 107 Å². The summed E-state index contributed by atoms with van der Waals surface area (Å²) in [5.74, 6) is 0.453. The second kappa shape index (κ2) is 12.4. The Hall–Kier alpha value is -4.46. The maximum absolute atomic E-state index is 12.1. The Morgan fingerprint density at radius 1 is 0.478 bits per heavy atom. The van der Waals surface area contributed by atoms with Gasteiger partial charge in [-0.05, 0) is 75.3 Å². The molecule has 0 fully saturated rings. The maximum Gasteiger partial charge on any atom is 0.283 e. The average molecular weight is 629 g/mol. The molecule has 0 aliphatic carbocycles. The van der Waals surface area contributed by atoms with Crippen molar-refractivity contribution < 1.29 is 20.1 Å². The first kappa shape index (κ1) is 36.0. The normalized spacial score (nSPS) is 13.1. The lowest BCUT2D eigenvalue weighted by atomic mass is 9.78. The summed E-state index contributed by atoms with van der Waals surface area (Å²) >= 11 is 0. The van der Waals surface area contributed by atoms with E-state index in [-0.39, 0.29) is 55.7 Å². The molecule has 0 spiro atoms. The number of aromatic hydroxyl groups is 2. The van der Waals surface area contributed by atoms with E-state index in [4.69, 9.17) is 0 Å². The number of hydrogen-bond acceptors (Lipinski definition) is 6. The SMILES string of the molecule is CC(C)(C)c1cc(/C=C/c2cc(/C=C/c3cc(C(C)(C)C)c(O)c(C(C)(C)C)c3)c([N+](=O)[O-])cc2[N+](=O)[O-])cc(C(C)(C)C)c1O. The van der Waals surface area contributed by atoms with Gasteiger partial charge in [0.25, 0.3) is 11.4 Å². The highest BCUT2D eigenvalue weighted by atomic mass is 16.6. The Balaban J connectivity index is 2.25. The van der Waals surface area contributed by atoms with Crippen molar-refractivity contribution in [2.24, 2.45) is 0 Å². The molecule has 8 heteroatoms. The first-order valence-electron chi connectivity index (χ1n) is 15.4. The third-order valence-corrected chi connectivity index (χ3v) is 7.98. The monoisotopic (exact) mass is 628 g/mol. The van der Waals surface area contributed by atoms with Crippen LogP contribution in [0, 0.1) is 20.2 Å². The summed E-state index contributed by atoms with van der Waals surface area (Å²) in [5, 5.41) is 46.4. The molecule has 46 heavy (non-hydrogen) atoms. The number of phenols is 2. The Labute approximate surface area is 272 Å². The molecule has 0 saturated heterocycles. The van der Waals surface area contributed by atoms with E-state index in [0.29, 0.717) is 0 Å². The van der Waals surface area contributed by atoms with Crippen molar-refractivity contribution in [3.8, 4) is 11.5 Å². The molecule has 0 atom stereocenters. The topological polar surface area (TPSA) is 127 Å². The van der Waals surface area contributed by atoms with Crippen molar-refractivity contribution >= 4 is 35.7 Å². The van der Waals surface area contributed by atoms with Crippen LogP contribution in [0.5, 0.6) is 11.5 Å². The van der Waals surface area contributed by atoms with Gasteiger partial charge in [-0.2, -0.15) is 0 Å². The van der Waals surface area contributed by atoms with Crippen LogP contribution in [0.15, 0.2) is 36.4 Å². The van der Waals surface area contributed by atoms with Crippen LogP contribution in [0.25, 0.3) is 24.3 Å². The van der Waals surface area contributed by atoms with E-state index < -0.39 is 9.85 Å². The van der Waals surface area contributed by atoms with Gasteiger partial charge in [0, 0.05) is 22.3 Å². The van der Waals surface area contributed by atoms with E-state index in [1.54, 1.807) is 24.3 Å². The first-order chi connectivity index (χ1) is 20.8. The molecule has 0 saturated carbocycles. The Morgan fingerprint density at radius 3 is 0.957 bits per heavy atom. The number of nitro groups is 2. The summed E-state index contributed by atoms with van der Waals surface area (Å²) in [6, 6.07) is 9.91. The number of rotatable bonds is 6. The van der Waals surface area contributed by atoms with Crippen LogP contribution in [0.2, 0.25) is 0 Å². The average Bonchev–Trinajstić information content (AvgIpc) is 2.88. The molecule has 0 radical (unpaired) electrons. The molecule has 0 bridgehead atoms. The second-order valence-corrected chi connectivity index (χ2v) is 16.1. The van der Waals surface area contributed by atoms with Gasteiger partial charge < -0.3 is 10.2 Å². The fraction of sp³-hybridized carbons (Fsp3) is 0.421. The highest BCUT2D eigenvalue weighted by Gasteiger charge is 2.28. The van der Waals surface area contributed by atoms with Gasteiger partial charge in [-0.1, -0.05) is 95.2 Å². The predicted molar refractivity (Wildman–Crippen MR) is 189 cm³/mol. The molecule has 3 aromatic carbocycles. The predicted octanol–water partition coefficient (Wildman–Crippen LogP) is 10.4. The fourth-order valence-electron chi connectivity index (χ4n) is 5.36. The van der Waals surface area contributed by atoms with E-state index in [0.717, 1.165) is 39.4 Å². The highest BCUT2D eigenvalue weighted by Crippen LogP contribution is 2.42. The second-order valence-electron chi connectivity index (χ2n) is 16.1. The first-order valence-corrected chi connectivity index (χ1v) is 15.4. The van der Waals surface area contributed by atoms with Crippen molar-refractivity contribution in [3.63, 3.8) is 0 Å². The summed E-state index contributed by atoms with van der Waals surface area (Å²) in [7, 11) is 0. The standard InChI is InChI=1S/C38H48N2O6/c1-35(2,3)27-17-23(18-28(33(27)41)36(4,5)6)13-15-25-21-26(32(40(45)46)22-31(25)39(43)44)16-14-24-19-29(37(7,8)9)34(42)30(20-24)38(10,11)12/h13-22,41-42H,1-12H3/b15-13+,16-14+. The van der Waals surface area contributed by atoms with Gasteiger partial charge in [0.1, 0.15) is 11.5 Å². The Bertz CT molecular complexity index is 1540. The largest absolute Gasteiger partial charge is 0.507 e. The number of nitrogens with zero attached hydrogens (tertiary/aromatic N) is 2. The summed E-state index contributed by atoms with van der Waals surface area (Å²) in [6.07, 6.45) is 6.63. The minimum Gasteiger partial charge on any atom is -0.507 e. The third-order valence-electron chi connectivity index (χ3n) is 7.98. The van der Waals surface area contributed by atoms with E-state index in [9.17, 15) is 30.4 Å². The molecule has 0 aliphatic heterocycles. The molecule has 0 unspecified atom stereocenters. The lowest BCUT2D eigenvalue weighted by molar-refractivity contribution is -0.394. The fourth-order valence-corrected chi connectivity index (χ4v) is 5.36. The quantitative estimate of drug-likeness (QED) is 0.159. The number of nitro benzene ring substituents is 2. The van der Waals surface area contributed by atoms with Crippen molar-refractivity contribution in [2.45, 2.75) is 105 Å². The third kappa shape index (κ3) is 8.03. The van der Waals surface area contributed by atoms with Gasteiger partial charge >= 0.3 is 0 Å². The van der Waals surface area contributed by atoms with Crippen molar-refractivity contribution in [2.75, 3.05) is 0 Å². The minimum absolute atomic E-state index is 0.203. The van der Waals surface area contributed by atoms with E-state index in [2.05, 4.69) is 0 Å². The zero-order valence-corrected chi connectivity index (χ0v) is 29.2. The molecule has 3 aromatic rings. The van der Waals surface area contributed by atoms with Gasteiger partial charge in [-0.25, -0.2) is 0 Å². The number of hydrogen-bond donors (Lipinski definition) is 2. The molecule has 246 valence electrons. The lowest BCUT2D eigenvalue weighted by Crippen LogP contribution is -2.17. The van der Waals surface area contributed by atoms with Crippen molar-refractivity contribution in [1.29, 1.82) is 0 Å². The van der Waals surface area contributed by atoms with Crippen LogP contribution in [0.1, 0.15) is 128 Å². The number of phenolic OH excluding ortho intramolecular Hbond substituents is 2. The van der Waals surface area contributed by atoms with Crippen LogP contribution >= 0.6 is 0 Å². The van der Waals surface area contributed by atoms with Gasteiger partial charge in [0.15, 0.2) is 0 Å². The summed E-state index contributed by atoms with van der Waals surface area (Å²) in [5.41, 5.74) is 2.66. The zero-order chi connectivity index (χ0) is 35.2. The molecule has 3 rings (SSSR count). The molecule has 2 N–H and O–H groups in total. The van der Waals surface area contributed by atoms with E-state index in [1.165, 1.54) is 6.07 Å². The molecule has 0 aliphatic rings.